The van der Waals surface area contributed by atoms with Crippen LogP contribution in [0, 0.1) is 0 Å². The molecule has 0 radical (unpaired) electrons. The standard InChI is InChI=1S/C20H15Cl2N/c21-17-11-9-15(10-12-17)13-23-14-19-18(7-4-8-20(19)22)16-5-2-1-3-6-16/h1-12,14H,13H2. The normalized spacial score (nSPS) is 11.0. The molecule has 0 aliphatic carbocycles. The first-order valence-electron chi connectivity index (χ1n) is 7.32. The summed E-state index contributed by atoms with van der Waals surface area (Å²) in [6, 6.07) is 23.8. The average molecular weight is 340 g/mol. The Labute approximate surface area is 146 Å². The number of aliphatic imine (C=N–C) groups is 1. The van der Waals surface area contributed by atoms with Crippen LogP contribution >= 0.6 is 23.2 Å². The molecule has 23 heavy (non-hydrogen) atoms. The van der Waals surface area contributed by atoms with Gasteiger partial charge in [-0.05, 0) is 34.9 Å². The lowest BCUT2D eigenvalue weighted by molar-refractivity contribution is 1.08. The highest BCUT2D eigenvalue weighted by molar-refractivity contribution is 6.33. The van der Waals surface area contributed by atoms with Crippen LogP contribution < -0.4 is 0 Å². The van der Waals surface area contributed by atoms with Crippen LogP contribution in [0.3, 0.4) is 0 Å². The van der Waals surface area contributed by atoms with Crippen molar-refractivity contribution in [3.8, 4) is 11.1 Å². The molecule has 0 heterocycles. The van der Waals surface area contributed by atoms with Crippen LogP contribution in [0.2, 0.25) is 10.0 Å². The van der Waals surface area contributed by atoms with Gasteiger partial charge in [-0.25, -0.2) is 0 Å². The summed E-state index contributed by atoms with van der Waals surface area (Å²) in [7, 11) is 0. The Morgan fingerprint density at radius 3 is 2.26 bits per heavy atom. The van der Waals surface area contributed by atoms with Crippen molar-refractivity contribution in [2.24, 2.45) is 4.99 Å². The van der Waals surface area contributed by atoms with E-state index in [1.54, 1.807) is 0 Å². The van der Waals surface area contributed by atoms with Crippen molar-refractivity contribution in [1.82, 2.24) is 0 Å². The fraction of sp³-hybridized carbons (Fsp3) is 0.0500. The first-order chi connectivity index (χ1) is 11.2. The van der Waals surface area contributed by atoms with Crippen molar-refractivity contribution in [3.63, 3.8) is 0 Å². The lowest BCUT2D eigenvalue weighted by Crippen LogP contribution is -1.91. The second-order valence-electron chi connectivity index (χ2n) is 5.16. The van der Waals surface area contributed by atoms with Crippen molar-refractivity contribution < 1.29 is 0 Å². The number of benzene rings is 3. The molecular weight excluding hydrogens is 325 g/mol. The van der Waals surface area contributed by atoms with Crippen LogP contribution in [0.25, 0.3) is 11.1 Å². The smallest absolute Gasteiger partial charge is 0.0640 e. The quantitative estimate of drug-likeness (QED) is 0.496. The third-order valence-electron chi connectivity index (χ3n) is 3.55. The van der Waals surface area contributed by atoms with E-state index in [0.717, 1.165) is 27.3 Å². The Kier molecular flexibility index (Phi) is 5.12. The van der Waals surface area contributed by atoms with E-state index >= 15 is 0 Å². The van der Waals surface area contributed by atoms with Crippen LogP contribution in [0.1, 0.15) is 11.1 Å². The predicted octanol–water partition coefficient (Wildman–Crippen LogP) is 6.28. The van der Waals surface area contributed by atoms with E-state index < -0.39 is 0 Å². The maximum absolute atomic E-state index is 6.37. The van der Waals surface area contributed by atoms with Crippen molar-refractivity contribution in [3.05, 3.63) is 94.0 Å². The molecule has 0 fully saturated rings. The molecule has 3 aromatic carbocycles. The van der Waals surface area contributed by atoms with E-state index in [9.17, 15) is 0 Å². The molecular formula is C20H15Cl2N. The molecule has 0 N–H and O–H groups in total. The molecule has 0 atom stereocenters. The molecule has 0 aliphatic rings. The summed E-state index contributed by atoms with van der Waals surface area (Å²) in [4.78, 5) is 4.54. The summed E-state index contributed by atoms with van der Waals surface area (Å²) < 4.78 is 0. The highest BCUT2D eigenvalue weighted by Gasteiger charge is 2.06. The zero-order chi connectivity index (χ0) is 16.1. The van der Waals surface area contributed by atoms with Crippen LogP contribution in [0.5, 0.6) is 0 Å². The van der Waals surface area contributed by atoms with Gasteiger partial charge in [-0.3, -0.25) is 4.99 Å². The Bertz CT molecular complexity index is 809. The lowest BCUT2D eigenvalue weighted by atomic mass is 10.0. The maximum Gasteiger partial charge on any atom is 0.0640 e. The summed E-state index contributed by atoms with van der Waals surface area (Å²) in [5.74, 6) is 0. The Morgan fingerprint density at radius 2 is 1.52 bits per heavy atom. The third-order valence-corrected chi connectivity index (χ3v) is 4.13. The molecule has 0 saturated carbocycles. The monoisotopic (exact) mass is 339 g/mol. The molecule has 0 amide bonds. The van der Waals surface area contributed by atoms with Gasteiger partial charge in [0.05, 0.1) is 6.54 Å². The van der Waals surface area contributed by atoms with Gasteiger partial charge in [0.15, 0.2) is 0 Å². The minimum Gasteiger partial charge on any atom is -0.288 e. The molecule has 3 aromatic rings. The topological polar surface area (TPSA) is 12.4 Å². The summed E-state index contributed by atoms with van der Waals surface area (Å²) in [5.41, 5.74) is 4.26. The highest BCUT2D eigenvalue weighted by atomic mass is 35.5. The molecule has 3 rings (SSSR count). The van der Waals surface area contributed by atoms with Crippen LogP contribution in [0.4, 0.5) is 0 Å². The molecule has 0 aromatic heterocycles. The Balaban J connectivity index is 1.87. The van der Waals surface area contributed by atoms with E-state index in [1.807, 2.05) is 60.8 Å². The van der Waals surface area contributed by atoms with Crippen LogP contribution in [-0.2, 0) is 6.54 Å². The minimum atomic E-state index is 0.594. The van der Waals surface area contributed by atoms with Crippen molar-refractivity contribution in [2.75, 3.05) is 0 Å². The Morgan fingerprint density at radius 1 is 0.783 bits per heavy atom. The van der Waals surface area contributed by atoms with E-state index in [0.29, 0.717) is 11.6 Å². The number of nitrogens with zero attached hydrogens (tertiary/aromatic N) is 1. The summed E-state index contributed by atoms with van der Waals surface area (Å²) >= 11 is 12.3. The molecule has 114 valence electrons. The third kappa shape index (κ3) is 4.01. The number of hydrogen-bond acceptors (Lipinski definition) is 1. The van der Waals surface area contributed by atoms with Gasteiger partial charge in [0.25, 0.3) is 0 Å². The van der Waals surface area contributed by atoms with Crippen molar-refractivity contribution in [2.45, 2.75) is 6.54 Å². The number of halogens is 2. The van der Waals surface area contributed by atoms with E-state index in [2.05, 4.69) is 23.2 Å². The maximum atomic E-state index is 6.37. The van der Waals surface area contributed by atoms with Crippen molar-refractivity contribution >= 4 is 29.4 Å². The van der Waals surface area contributed by atoms with Gasteiger partial charge in [0.2, 0.25) is 0 Å². The zero-order valence-corrected chi connectivity index (χ0v) is 13.9. The minimum absolute atomic E-state index is 0.594. The van der Waals surface area contributed by atoms with Gasteiger partial charge < -0.3 is 0 Å². The summed E-state index contributed by atoms with van der Waals surface area (Å²) in [6.45, 7) is 0.594. The second kappa shape index (κ2) is 7.45. The van der Waals surface area contributed by atoms with Gasteiger partial charge in [0, 0.05) is 21.8 Å². The molecule has 1 nitrogen and oxygen atoms in total. The second-order valence-corrected chi connectivity index (χ2v) is 6.01. The zero-order valence-electron chi connectivity index (χ0n) is 12.4. The summed E-state index contributed by atoms with van der Waals surface area (Å²) in [6.07, 6.45) is 1.85. The molecule has 0 saturated heterocycles. The van der Waals surface area contributed by atoms with E-state index in [4.69, 9.17) is 23.2 Å². The first-order valence-corrected chi connectivity index (χ1v) is 8.08. The lowest BCUT2D eigenvalue weighted by Gasteiger charge is -2.08. The molecule has 0 bridgehead atoms. The molecule has 0 aliphatic heterocycles. The fourth-order valence-electron chi connectivity index (χ4n) is 2.37. The number of hydrogen-bond donors (Lipinski definition) is 0. The Hall–Kier alpha value is -2.09. The fourth-order valence-corrected chi connectivity index (χ4v) is 2.72. The van der Waals surface area contributed by atoms with Gasteiger partial charge in [-0.1, -0.05) is 77.8 Å². The number of rotatable bonds is 4. The van der Waals surface area contributed by atoms with Gasteiger partial charge in [0.1, 0.15) is 0 Å². The van der Waals surface area contributed by atoms with E-state index in [-0.39, 0.29) is 0 Å². The molecule has 0 spiro atoms. The molecule has 0 unspecified atom stereocenters. The van der Waals surface area contributed by atoms with Crippen LogP contribution in [-0.4, -0.2) is 6.21 Å². The largest absolute Gasteiger partial charge is 0.288 e. The molecule has 3 heteroatoms. The average Bonchev–Trinajstić information content (AvgIpc) is 2.59. The van der Waals surface area contributed by atoms with Gasteiger partial charge in [-0.15, -0.1) is 0 Å². The van der Waals surface area contributed by atoms with Crippen LogP contribution in [0.15, 0.2) is 77.8 Å². The predicted molar refractivity (Wildman–Crippen MR) is 99.6 cm³/mol. The summed E-state index contributed by atoms with van der Waals surface area (Å²) in [5, 5.41) is 1.43. The highest BCUT2D eigenvalue weighted by Crippen LogP contribution is 2.27. The van der Waals surface area contributed by atoms with Gasteiger partial charge in [-0.2, -0.15) is 0 Å². The van der Waals surface area contributed by atoms with Gasteiger partial charge >= 0.3 is 0 Å². The van der Waals surface area contributed by atoms with Crippen molar-refractivity contribution in [1.29, 1.82) is 0 Å². The van der Waals surface area contributed by atoms with E-state index in [1.165, 1.54) is 0 Å². The first kappa shape index (κ1) is 15.8. The SMILES string of the molecule is Clc1ccc(CN=Cc2c(Cl)cccc2-c2ccccc2)cc1.